The average molecular weight is 432 g/mol. The first kappa shape index (κ1) is 21.1. The van der Waals surface area contributed by atoms with Crippen LogP contribution < -0.4 is 10.0 Å². The van der Waals surface area contributed by atoms with Crippen LogP contribution in [-0.2, 0) is 10.0 Å². The van der Waals surface area contributed by atoms with Gasteiger partial charge in [0.15, 0.2) is 0 Å². The lowest BCUT2D eigenvalue weighted by Crippen LogP contribution is -2.16. The fourth-order valence-electron chi connectivity index (χ4n) is 3.23. The summed E-state index contributed by atoms with van der Waals surface area (Å²) in [7, 11) is -3.41. The van der Waals surface area contributed by atoms with E-state index in [-0.39, 0.29) is 5.91 Å². The van der Waals surface area contributed by atoms with Gasteiger partial charge in [-0.05, 0) is 70.0 Å². The molecule has 0 atom stereocenters. The van der Waals surface area contributed by atoms with Gasteiger partial charge in [0.05, 0.1) is 17.5 Å². The number of aryl methyl sites for hydroxylation is 4. The van der Waals surface area contributed by atoms with Crippen LogP contribution in [0, 0.1) is 34.6 Å². The summed E-state index contributed by atoms with van der Waals surface area (Å²) in [6, 6.07) is 9.24. The van der Waals surface area contributed by atoms with Crippen LogP contribution in [0.5, 0.6) is 0 Å². The van der Waals surface area contributed by atoms with Crippen molar-refractivity contribution < 1.29 is 13.2 Å². The molecule has 0 unspecified atom stereocenters. The number of hydrogen-bond donors (Lipinski definition) is 2. The minimum atomic E-state index is -3.41. The molecule has 3 aromatic rings. The Morgan fingerprint density at radius 1 is 1.00 bits per heavy atom. The monoisotopic (exact) mass is 431 g/mol. The van der Waals surface area contributed by atoms with Crippen molar-refractivity contribution >= 4 is 38.6 Å². The third kappa shape index (κ3) is 4.38. The van der Waals surface area contributed by atoms with E-state index in [0.29, 0.717) is 16.9 Å². The van der Waals surface area contributed by atoms with E-state index >= 15 is 0 Å². The molecular formula is C21H25N3O3S2. The van der Waals surface area contributed by atoms with Crippen LogP contribution in [0.4, 0.5) is 11.4 Å². The predicted molar refractivity (Wildman–Crippen MR) is 120 cm³/mol. The van der Waals surface area contributed by atoms with Gasteiger partial charge >= 0.3 is 0 Å². The molecule has 154 valence electrons. The molecule has 0 spiro atoms. The zero-order valence-corrected chi connectivity index (χ0v) is 19.0. The highest BCUT2D eigenvalue weighted by molar-refractivity contribution is 7.92. The minimum Gasteiger partial charge on any atom is -0.322 e. The first-order valence-electron chi connectivity index (χ1n) is 9.13. The normalized spacial score (nSPS) is 11.5. The molecule has 2 heterocycles. The second-order valence-electron chi connectivity index (χ2n) is 7.27. The lowest BCUT2D eigenvalue weighted by molar-refractivity contribution is 0.102. The summed E-state index contributed by atoms with van der Waals surface area (Å²) in [6.45, 7) is 9.80. The lowest BCUT2D eigenvalue weighted by atomic mass is 10.1. The number of sulfonamides is 1. The number of carbonyl (C=O) groups excluding carboxylic acids is 1. The van der Waals surface area contributed by atoms with Crippen molar-refractivity contribution in [2.24, 2.45) is 0 Å². The Morgan fingerprint density at radius 3 is 2.21 bits per heavy atom. The minimum absolute atomic E-state index is 0.219. The molecule has 0 fully saturated rings. The maximum atomic E-state index is 13.2. The summed E-state index contributed by atoms with van der Waals surface area (Å²) in [6.07, 6.45) is 1.10. The fraction of sp³-hybridized carbons (Fsp3) is 0.286. The van der Waals surface area contributed by atoms with Crippen LogP contribution in [0.25, 0.3) is 5.00 Å². The molecule has 1 amide bonds. The molecule has 0 bridgehead atoms. The topological polar surface area (TPSA) is 80.2 Å². The van der Waals surface area contributed by atoms with Gasteiger partial charge in [-0.3, -0.25) is 9.52 Å². The quantitative estimate of drug-likeness (QED) is 0.614. The first-order valence-corrected chi connectivity index (χ1v) is 11.8. The molecule has 1 aromatic carbocycles. The van der Waals surface area contributed by atoms with Crippen LogP contribution in [0.15, 0.2) is 30.3 Å². The SMILES string of the molecule is Cc1ccc(NC(=O)c2c(-n3c(C)ccc3C)sc(C)c2C)cc1NS(C)(=O)=O. The lowest BCUT2D eigenvalue weighted by Gasteiger charge is -2.13. The van der Waals surface area contributed by atoms with Gasteiger partial charge in [0, 0.05) is 22.0 Å². The number of anilines is 2. The number of thiophene rings is 1. The first-order chi connectivity index (χ1) is 13.5. The van der Waals surface area contributed by atoms with Crippen LogP contribution in [0.3, 0.4) is 0 Å². The van der Waals surface area contributed by atoms with Crippen molar-refractivity contribution in [3.05, 3.63) is 63.3 Å². The Hall–Kier alpha value is -2.58. The largest absolute Gasteiger partial charge is 0.322 e. The molecule has 3 rings (SSSR count). The number of rotatable bonds is 5. The Kier molecular flexibility index (Phi) is 5.60. The molecule has 8 heteroatoms. The second kappa shape index (κ2) is 7.68. The third-order valence-electron chi connectivity index (χ3n) is 4.86. The van der Waals surface area contributed by atoms with Crippen LogP contribution in [-0.4, -0.2) is 25.1 Å². The number of aromatic nitrogens is 1. The Morgan fingerprint density at radius 2 is 1.62 bits per heavy atom. The predicted octanol–water partition coefficient (Wildman–Crippen LogP) is 4.70. The number of amides is 1. The highest BCUT2D eigenvalue weighted by atomic mass is 32.2. The van der Waals surface area contributed by atoms with Crippen molar-refractivity contribution in [2.75, 3.05) is 16.3 Å². The standard InChI is InChI=1S/C21H25N3O3S2/c1-12-7-10-17(11-18(12)23-29(6,26)27)22-20(25)19-15(4)16(5)28-21(19)24-13(2)8-9-14(24)3/h7-11,23H,1-6H3,(H,22,25). The summed E-state index contributed by atoms with van der Waals surface area (Å²) < 4.78 is 27.8. The maximum absolute atomic E-state index is 13.2. The Balaban J connectivity index is 2.00. The molecular weight excluding hydrogens is 406 g/mol. The van der Waals surface area contributed by atoms with Gasteiger partial charge in [0.2, 0.25) is 10.0 Å². The molecule has 0 radical (unpaired) electrons. The van der Waals surface area contributed by atoms with E-state index in [0.717, 1.165) is 38.6 Å². The molecule has 0 aliphatic carbocycles. The van der Waals surface area contributed by atoms with Gasteiger partial charge in [-0.25, -0.2) is 8.42 Å². The fourth-order valence-corrected chi connectivity index (χ4v) is 5.12. The van der Waals surface area contributed by atoms with Crippen molar-refractivity contribution in [3.8, 4) is 5.00 Å². The maximum Gasteiger partial charge on any atom is 0.258 e. The van der Waals surface area contributed by atoms with Gasteiger partial charge in [-0.15, -0.1) is 11.3 Å². The summed E-state index contributed by atoms with van der Waals surface area (Å²) in [4.78, 5) is 14.3. The molecule has 6 nitrogen and oxygen atoms in total. The van der Waals surface area contributed by atoms with E-state index in [1.165, 1.54) is 0 Å². The van der Waals surface area contributed by atoms with Gasteiger partial charge in [0.1, 0.15) is 5.00 Å². The molecule has 0 aliphatic heterocycles. The second-order valence-corrected chi connectivity index (χ2v) is 10.2. The van der Waals surface area contributed by atoms with Gasteiger partial charge < -0.3 is 9.88 Å². The van der Waals surface area contributed by atoms with Crippen LogP contribution >= 0.6 is 11.3 Å². The summed E-state index contributed by atoms with van der Waals surface area (Å²) in [5.41, 5.74) is 5.45. The van der Waals surface area contributed by atoms with Gasteiger partial charge in [-0.1, -0.05) is 6.07 Å². The molecule has 2 aromatic heterocycles. The van der Waals surface area contributed by atoms with Crippen molar-refractivity contribution in [3.63, 3.8) is 0 Å². The van der Waals surface area contributed by atoms with Crippen molar-refractivity contribution in [2.45, 2.75) is 34.6 Å². The molecule has 29 heavy (non-hydrogen) atoms. The van der Waals surface area contributed by atoms with E-state index in [9.17, 15) is 13.2 Å². The van der Waals surface area contributed by atoms with Crippen molar-refractivity contribution in [1.82, 2.24) is 4.57 Å². The van der Waals surface area contributed by atoms with E-state index in [2.05, 4.69) is 14.6 Å². The number of nitrogens with zero attached hydrogens (tertiary/aromatic N) is 1. The number of carbonyl (C=O) groups is 1. The Labute approximate surface area is 175 Å². The molecule has 0 aliphatic rings. The van der Waals surface area contributed by atoms with Gasteiger partial charge in [-0.2, -0.15) is 0 Å². The summed E-state index contributed by atoms with van der Waals surface area (Å²) in [5.74, 6) is -0.219. The summed E-state index contributed by atoms with van der Waals surface area (Å²) >= 11 is 1.59. The van der Waals surface area contributed by atoms with Crippen LogP contribution in [0.2, 0.25) is 0 Å². The summed E-state index contributed by atoms with van der Waals surface area (Å²) in [5, 5.41) is 3.81. The van der Waals surface area contributed by atoms with E-state index in [1.54, 1.807) is 36.5 Å². The average Bonchev–Trinajstić information content (AvgIpc) is 3.08. The van der Waals surface area contributed by atoms with Gasteiger partial charge in [0.25, 0.3) is 5.91 Å². The number of hydrogen-bond acceptors (Lipinski definition) is 4. The van der Waals surface area contributed by atoms with E-state index in [1.807, 2.05) is 39.8 Å². The highest BCUT2D eigenvalue weighted by Gasteiger charge is 2.22. The zero-order chi connectivity index (χ0) is 21.5. The Bertz CT molecular complexity index is 1180. The van der Waals surface area contributed by atoms with Crippen LogP contribution in [0.1, 0.15) is 37.7 Å². The molecule has 0 saturated carbocycles. The highest BCUT2D eigenvalue weighted by Crippen LogP contribution is 2.34. The third-order valence-corrected chi connectivity index (χ3v) is 6.64. The smallest absolute Gasteiger partial charge is 0.258 e. The number of benzene rings is 1. The van der Waals surface area contributed by atoms with Crippen molar-refractivity contribution in [1.29, 1.82) is 0 Å². The molecule has 2 N–H and O–H groups in total. The van der Waals surface area contributed by atoms with E-state index in [4.69, 9.17) is 0 Å². The zero-order valence-electron chi connectivity index (χ0n) is 17.4. The number of nitrogens with one attached hydrogen (secondary N) is 2. The van der Waals surface area contributed by atoms with E-state index < -0.39 is 10.0 Å². The molecule has 0 saturated heterocycles.